The molecule has 128 valence electrons. The highest BCUT2D eigenvalue weighted by Gasteiger charge is 2.34. The minimum absolute atomic E-state index is 0.0384. The number of H-pyrrole nitrogens is 1. The van der Waals surface area contributed by atoms with Gasteiger partial charge in [0.1, 0.15) is 0 Å². The fourth-order valence-corrected chi connectivity index (χ4v) is 4.63. The third kappa shape index (κ3) is 3.05. The second-order valence-corrected chi connectivity index (χ2v) is 9.56. The molecule has 0 unspecified atom stereocenters. The molecule has 0 radical (unpaired) electrons. The van der Waals surface area contributed by atoms with Crippen LogP contribution in [0.25, 0.3) is 0 Å². The molecule has 1 N–H and O–H groups in total. The van der Waals surface area contributed by atoms with Crippen LogP contribution in [0.2, 0.25) is 0 Å². The van der Waals surface area contributed by atoms with Crippen molar-refractivity contribution in [2.45, 2.75) is 44.9 Å². The molecule has 1 aromatic heterocycles. The molecular weight excluding hydrogens is 322 g/mol. The lowest BCUT2D eigenvalue weighted by Gasteiger charge is -2.28. The van der Waals surface area contributed by atoms with E-state index in [0.717, 1.165) is 34.5 Å². The number of rotatable bonds is 3. The average molecular weight is 345 g/mol. The summed E-state index contributed by atoms with van der Waals surface area (Å²) < 4.78 is 24.1. The van der Waals surface area contributed by atoms with Crippen LogP contribution in [0, 0.1) is 12.3 Å². The molecule has 24 heavy (non-hydrogen) atoms. The number of sulfone groups is 1. The Morgan fingerprint density at radius 1 is 1.17 bits per heavy atom. The summed E-state index contributed by atoms with van der Waals surface area (Å²) in [6.07, 6.45) is 3.03. The van der Waals surface area contributed by atoms with Crippen LogP contribution in [0.3, 0.4) is 0 Å². The lowest BCUT2D eigenvalue weighted by molar-refractivity contribution is 0.0911. The Morgan fingerprint density at radius 3 is 2.50 bits per heavy atom. The number of aryl methyl sites for hydroxylation is 1. The number of carbonyl (C=O) groups is 1. The molecule has 0 aliphatic heterocycles. The number of aromatic nitrogens is 1. The lowest BCUT2D eigenvalue weighted by Crippen LogP contribution is -2.27. The number of hydrogen-bond acceptors (Lipinski definition) is 3. The van der Waals surface area contributed by atoms with Crippen molar-refractivity contribution < 1.29 is 13.2 Å². The van der Waals surface area contributed by atoms with Crippen LogP contribution in [-0.2, 0) is 22.7 Å². The summed E-state index contributed by atoms with van der Waals surface area (Å²) in [4.78, 5) is 16.4. The Labute approximate surface area is 143 Å². The van der Waals surface area contributed by atoms with Crippen LogP contribution in [-0.4, -0.2) is 25.4 Å². The van der Waals surface area contributed by atoms with Crippen LogP contribution in [0.1, 0.15) is 53.1 Å². The summed E-state index contributed by atoms with van der Waals surface area (Å²) >= 11 is 0. The highest BCUT2D eigenvalue weighted by Crippen LogP contribution is 2.37. The Balaban J connectivity index is 2.09. The van der Waals surface area contributed by atoms with Gasteiger partial charge in [-0.05, 0) is 36.0 Å². The van der Waals surface area contributed by atoms with Gasteiger partial charge in [-0.15, -0.1) is 0 Å². The molecule has 0 atom stereocenters. The Bertz CT molecular complexity index is 920. The summed E-state index contributed by atoms with van der Waals surface area (Å²) in [5.41, 5.74) is 4.35. The van der Waals surface area contributed by atoms with Crippen LogP contribution in [0.15, 0.2) is 29.2 Å². The summed E-state index contributed by atoms with van der Waals surface area (Å²) in [6.45, 7) is 6.16. The monoisotopic (exact) mass is 345 g/mol. The zero-order valence-electron chi connectivity index (χ0n) is 14.6. The molecular formula is C19H23NO3S. The third-order valence-electron chi connectivity index (χ3n) is 4.71. The van der Waals surface area contributed by atoms with E-state index in [4.69, 9.17) is 0 Å². The van der Waals surface area contributed by atoms with Crippen molar-refractivity contribution in [3.63, 3.8) is 0 Å². The molecule has 0 saturated carbocycles. The van der Waals surface area contributed by atoms with Crippen LogP contribution < -0.4 is 0 Å². The largest absolute Gasteiger partial charge is 0.362 e. The smallest absolute Gasteiger partial charge is 0.175 e. The molecule has 1 aromatic carbocycles. The standard InChI is InChI=1S/C19H23NO3S/c1-12-14(9-13-7-5-6-8-17(13)24(4,22)23)18-15(20-12)10-19(2,3)11-16(18)21/h5-8,20H,9-11H2,1-4H3. The van der Waals surface area contributed by atoms with E-state index >= 15 is 0 Å². The van der Waals surface area contributed by atoms with E-state index in [1.54, 1.807) is 12.1 Å². The van der Waals surface area contributed by atoms with E-state index in [0.29, 0.717) is 17.7 Å². The van der Waals surface area contributed by atoms with Gasteiger partial charge in [-0.25, -0.2) is 8.42 Å². The normalized spacial score (nSPS) is 16.9. The molecule has 0 bridgehead atoms. The van der Waals surface area contributed by atoms with Crippen molar-refractivity contribution in [3.05, 3.63) is 52.3 Å². The number of hydrogen-bond donors (Lipinski definition) is 1. The van der Waals surface area contributed by atoms with Gasteiger partial charge in [0.05, 0.1) is 4.90 Å². The van der Waals surface area contributed by atoms with Crippen molar-refractivity contribution in [1.29, 1.82) is 0 Å². The molecule has 2 aromatic rings. The van der Waals surface area contributed by atoms with E-state index in [-0.39, 0.29) is 11.2 Å². The van der Waals surface area contributed by atoms with Crippen molar-refractivity contribution in [2.75, 3.05) is 6.26 Å². The Morgan fingerprint density at radius 2 is 1.83 bits per heavy atom. The maximum atomic E-state index is 12.7. The fourth-order valence-electron chi connectivity index (χ4n) is 3.69. The minimum atomic E-state index is -3.30. The highest BCUT2D eigenvalue weighted by atomic mass is 32.2. The number of ketones is 1. The molecule has 4 nitrogen and oxygen atoms in total. The van der Waals surface area contributed by atoms with E-state index in [1.807, 2.05) is 19.1 Å². The van der Waals surface area contributed by atoms with Gasteiger partial charge >= 0.3 is 0 Å². The summed E-state index contributed by atoms with van der Waals surface area (Å²) in [7, 11) is -3.30. The summed E-state index contributed by atoms with van der Waals surface area (Å²) in [5, 5.41) is 0. The number of aromatic amines is 1. The van der Waals surface area contributed by atoms with Crippen molar-refractivity contribution in [3.8, 4) is 0 Å². The first-order valence-corrected chi connectivity index (χ1v) is 9.99. The second-order valence-electron chi connectivity index (χ2n) is 7.58. The molecule has 0 fully saturated rings. The maximum absolute atomic E-state index is 12.7. The topological polar surface area (TPSA) is 67.0 Å². The molecule has 3 rings (SSSR count). The van der Waals surface area contributed by atoms with Gasteiger partial charge in [0, 0.05) is 36.0 Å². The van der Waals surface area contributed by atoms with Crippen LogP contribution in [0.5, 0.6) is 0 Å². The zero-order valence-corrected chi connectivity index (χ0v) is 15.4. The molecule has 5 heteroatoms. The number of nitrogens with one attached hydrogen (secondary N) is 1. The fraction of sp³-hybridized carbons (Fsp3) is 0.421. The molecule has 1 heterocycles. The number of fused-ring (bicyclic) bond motifs is 1. The maximum Gasteiger partial charge on any atom is 0.175 e. The molecule has 0 spiro atoms. The van der Waals surface area contributed by atoms with Crippen molar-refractivity contribution in [1.82, 2.24) is 4.98 Å². The van der Waals surface area contributed by atoms with Gasteiger partial charge in [0.15, 0.2) is 15.6 Å². The quantitative estimate of drug-likeness (QED) is 0.926. The van der Waals surface area contributed by atoms with Gasteiger partial charge in [-0.1, -0.05) is 32.0 Å². The number of Topliss-reactive ketones (excluding diaryl/α,β-unsaturated/α-hetero) is 1. The Kier molecular flexibility index (Phi) is 3.95. The SMILES string of the molecule is Cc1[nH]c2c(c1Cc1ccccc1S(C)(=O)=O)C(=O)CC(C)(C)C2. The predicted octanol–water partition coefficient (Wildman–Crippen LogP) is 3.47. The first kappa shape index (κ1) is 17.0. The summed E-state index contributed by atoms with van der Waals surface area (Å²) in [5.74, 6) is 0.150. The summed E-state index contributed by atoms with van der Waals surface area (Å²) in [6, 6.07) is 7.02. The Hall–Kier alpha value is -1.88. The van der Waals surface area contributed by atoms with Gasteiger partial charge in [-0.2, -0.15) is 0 Å². The number of carbonyl (C=O) groups excluding carboxylic acids is 1. The first-order valence-electron chi connectivity index (χ1n) is 8.10. The number of benzene rings is 1. The highest BCUT2D eigenvalue weighted by molar-refractivity contribution is 7.90. The third-order valence-corrected chi connectivity index (χ3v) is 5.90. The van der Waals surface area contributed by atoms with Gasteiger partial charge < -0.3 is 4.98 Å². The zero-order chi connectivity index (χ0) is 17.7. The van der Waals surface area contributed by atoms with E-state index in [1.165, 1.54) is 6.26 Å². The van der Waals surface area contributed by atoms with Crippen molar-refractivity contribution in [2.24, 2.45) is 5.41 Å². The molecule has 0 amide bonds. The van der Waals surface area contributed by atoms with Gasteiger partial charge in [0.2, 0.25) is 0 Å². The minimum Gasteiger partial charge on any atom is -0.362 e. The predicted molar refractivity (Wildman–Crippen MR) is 94.3 cm³/mol. The van der Waals surface area contributed by atoms with Crippen LogP contribution >= 0.6 is 0 Å². The molecule has 1 aliphatic rings. The lowest BCUT2D eigenvalue weighted by atomic mass is 9.75. The van der Waals surface area contributed by atoms with E-state index in [2.05, 4.69) is 18.8 Å². The first-order chi connectivity index (χ1) is 11.1. The second kappa shape index (κ2) is 5.59. The molecule has 1 aliphatic carbocycles. The van der Waals surface area contributed by atoms with Crippen LogP contribution in [0.4, 0.5) is 0 Å². The van der Waals surface area contributed by atoms with Crippen molar-refractivity contribution >= 4 is 15.6 Å². The van der Waals surface area contributed by atoms with E-state index < -0.39 is 9.84 Å². The molecule has 0 saturated heterocycles. The van der Waals surface area contributed by atoms with Gasteiger partial charge in [-0.3, -0.25) is 4.79 Å². The average Bonchev–Trinajstić information content (AvgIpc) is 2.73. The van der Waals surface area contributed by atoms with Gasteiger partial charge in [0.25, 0.3) is 0 Å². The van der Waals surface area contributed by atoms with E-state index in [9.17, 15) is 13.2 Å².